The van der Waals surface area contributed by atoms with Gasteiger partial charge in [-0.05, 0) is 62.1 Å². The lowest BCUT2D eigenvalue weighted by Gasteiger charge is -2.22. The number of ether oxygens (including phenoxy) is 1. The van der Waals surface area contributed by atoms with E-state index in [-0.39, 0.29) is 31.9 Å². The van der Waals surface area contributed by atoms with Gasteiger partial charge in [-0.25, -0.2) is 4.98 Å². The molecule has 3 rings (SSSR count). The Morgan fingerprint density at radius 3 is 2.61 bits per heavy atom. The number of amides is 1. The lowest BCUT2D eigenvalue weighted by atomic mass is 10.1. The van der Waals surface area contributed by atoms with E-state index >= 15 is 0 Å². The predicted molar refractivity (Wildman–Crippen MR) is 122 cm³/mol. The molecule has 1 heterocycles. The fraction of sp³-hybridized carbons (Fsp3) is 0.333. The quantitative estimate of drug-likeness (QED) is 0.454. The Bertz CT molecular complexity index is 1060. The van der Waals surface area contributed by atoms with E-state index in [9.17, 15) is 9.59 Å². The second-order valence-corrected chi connectivity index (χ2v) is 8.50. The highest BCUT2D eigenvalue weighted by Crippen LogP contribution is 2.23. The molecule has 1 aromatic heterocycles. The molecule has 0 radical (unpaired) electrons. The average molecular weight is 436 g/mol. The molecule has 0 aliphatic carbocycles. The van der Waals surface area contributed by atoms with Crippen molar-refractivity contribution in [2.75, 3.05) is 18.1 Å². The predicted octanol–water partition coefficient (Wildman–Crippen LogP) is 4.73. The van der Waals surface area contributed by atoms with Crippen molar-refractivity contribution in [3.05, 3.63) is 58.6 Å². The molecule has 0 unspecified atom stereocenters. The van der Waals surface area contributed by atoms with Crippen LogP contribution in [0.25, 0.3) is 10.2 Å². The zero-order chi connectivity index (χ0) is 22.2. The normalized spacial score (nSPS) is 10.6. The highest BCUT2D eigenvalue weighted by Gasteiger charge is 2.18. The van der Waals surface area contributed by atoms with Crippen molar-refractivity contribution in [1.82, 2.24) is 4.98 Å². The van der Waals surface area contributed by atoms with Gasteiger partial charge in [-0.15, -0.1) is 11.3 Å². The van der Waals surface area contributed by atoms with Gasteiger partial charge < -0.3 is 9.64 Å². The summed E-state index contributed by atoms with van der Waals surface area (Å²) in [7, 11) is 0. The fourth-order valence-electron chi connectivity index (χ4n) is 3.37. The molecule has 31 heavy (non-hydrogen) atoms. The van der Waals surface area contributed by atoms with Crippen molar-refractivity contribution in [2.24, 2.45) is 0 Å². The number of aromatic nitrogens is 1. The van der Waals surface area contributed by atoms with Crippen molar-refractivity contribution < 1.29 is 14.3 Å². The van der Waals surface area contributed by atoms with Gasteiger partial charge in [0.15, 0.2) is 6.61 Å². The first kappa shape index (κ1) is 22.4. The topological polar surface area (TPSA) is 83.3 Å². The minimum absolute atomic E-state index is 0.203. The van der Waals surface area contributed by atoms with Gasteiger partial charge in [-0.3, -0.25) is 9.59 Å². The molecule has 0 atom stereocenters. The second-order valence-electron chi connectivity index (χ2n) is 7.39. The van der Waals surface area contributed by atoms with Crippen molar-refractivity contribution in [3.63, 3.8) is 0 Å². The first-order valence-electron chi connectivity index (χ1n) is 10.2. The number of rotatable bonds is 9. The highest BCUT2D eigenvalue weighted by atomic mass is 32.1. The molecule has 1 amide bonds. The van der Waals surface area contributed by atoms with Crippen LogP contribution in [-0.2, 0) is 20.7 Å². The summed E-state index contributed by atoms with van der Waals surface area (Å²) in [5.74, 6) is -0.741. The van der Waals surface area contributed by atoms with E-state index in [1.165, 1.54) is 4.90 Å². The molecule has 6 nitrogen and oxygen atoms in total. The molecule has 160 valence electrons. The standard InChI is InChI=1S/C24H25N3O3S/c1-17-13-18(2)15-19(14-17)27(12-6-11-25)23(28)16-30-24(29)10-5-9-22-26-20-7-3-4-8-21(20)31-22/h3-4,7-8,13-15H,5-6,9-10,12,16H2,1-2H3. The number of nitrogens with zero attached hydrogens (tertiary/aromatic N) is 3. The zero-order valence-electron chi connectivity index (χ0n) is 17.8. The van der Waals surface area contributed by atoms with E-state index in [4.69, 9.17) is 10.00 Å². The summed E-state index contributed by atoms with van der Waals surface area (Å²) in [6.07, 6.45) is 1.74. The molecule has 0 saturated carbocycles. The van der Waals surface area contributed by atoms with Gasteiger partial charge in [0.25, 0.3) is 5.91 Å². The molecular formula is C24H25N3O3S. The van der Waals surface area contributed by atoms with Gasteiger partial charge in [0.1, 0.15) is 0 Å². The molecule has 3 aromatic rings. The van der Waals surface area contributed by atoms with Gasteiger partial charge in [0, 0.05) is 18.7 Å². The third-order valence-corrected chi connectivity index (χ3v) is 5.83. The molecule has 2 aromatic carbocycles. The minimum Gasteiger partial charge on any atom is -0.456 e. The number of hydrogen-bond donors (Lipinski definition) is 0. The zero-order valence-corrected chi connectivity index (χ0v) is 18.6. The van der Waals surface area contributed by atoms with Crippen molar-refractivity contribution in [3.8, 4) is 6.07 Å². The Kier molecular flexibility index (Phi) is 7.74. The van der Waals surface area contributed by atoms with Crippen LogP contribution in [0.5, 0.6) is 0 Å². The maximum Gasteiger partial charge on any atom is 0.306 e. The van der Waals surface area contributed by atoms with Gasteiger partial charge in [0.2, 0.25) is 0 Å². The van der Waals surface area contributed by atoms with Crippen LogP contribution in [-0.4, -0.2) is 30.0 Å². The number of carbonyl (C=O) groups excluding carboxylic acids is 2. The lowest BCUT2D eigenvalue weighted by Crippen LogP contribution is -2.35. The summed E-state index contributed by atoms with van der Waals surface area (Å²) in [6.45, 7) is 3.83. The third-order valence-electron chi connectivity index (χ3n) is 4.73. The molecule has 0 N–H and O–H groups in total. The Morgan fingerprint density at radius 2 is 1.90 bits per heavy atom. The molecule has 0 aliphatic rings. The van der Waals surface area contributed by atoms with Gasteiger partial charge in [-0.2, -0.15) is 5.26 Å². The second kappa shape index (κ2) is 10.7. The molecule has 0 spiro atoms. The van der Waals surface area contributed by atoms with Crippen LogP contribution in [0.2, 0.25) is 0 Å². The Labute approximate surface area is 186 Å². The van der Waals surface area contributed by atoms with E-state index in [1.807, 2.05) is 56.3 Å². The number of fused-ring (bicyclic) bond motifs is 1. The lowest BCUT2D eigenvalue weighted by molar-refractivity contribution is -0.147. The van der Waals surface area contributed by atoms with Gasteiger partial charge >= 0.3 is 5.97 Å². The molecule has 0 bridgehead atoms. The van der Waals surface area contributed by atoms with Crippen LogP contribution >= 0.6 is 11.3 Å². The summed E-state index contributed by atoms with van der Waals surface area (Å²) in [4.78, 5) is 30.9. The van der Waals surface area contributed by atoms with Crippen LogP contribution in [0.15, 0.2) is 42.5 Å². The van der Waals surface area contributed by atoms with Crippen molar-refractivity contribution >= 4 is 39.1 Å². The first-order valence-corrected chi connectivity index (χ1v) is 11.0. The first-order chi connectivity index (χ1) is 15.0. The minimum atomic E-state index is -0.407. The number of esters is 1. The summed E-state index contributed by atoms with van der Waals surface area (Å²) in [6, 6.07) is 15.8. The number of carbonyl (C=O) groups is 2. The third kappa shape index (κ3) is 6.37. The van der Waals surface area contributed by atoms with Crippen molar-refractivity contribution in [1.29, 1.82) is 5.26 Å². The number of para-hydroxylation sites is 1. The summed E-state index contributed by atoms with van der Waals surface area (Å²) in [5, 5.41) is 9.92. The van der Waals surface area contributed by atoms with Crippen molar-refractivity contribution in [2.45, 2.75) is 39.5 Å². The van der Waals surface area contributed by atoms with E-state index in [0.29, 0.717) is 18.5 Å². The largest absolute Gasteiger partial charge is 0.456 e. The molecule has 7 heteroatoms. The maximum atomic E-state index is 12.7. The molecule has 0 saturated heterocycles. The van der Waals surface area contributed by atoms with Crippen LogP contribution in [0.4, 0.5) is 5.69 Å². The Morgan fingerprint density at radius 1 is 1.16 bits per heavy atom. The number of nitriles is 1. The van der Waals surface area contributed by atoms with E-state index in [1.54, 1.807) is 11.3 Å². The Hall–Kier alpha value is -3.24. The number of benzene rings is 2. The maximum absolute atomic E-state index is 12.7. The molecule has 0 fully saturated rings. The van der Waals surface area contributed by atoms with Crippen LogP contribution < -0.4 is 4.90 Å². The highest BCUT2D eigenvalue weighted by molar-refractivity contribution is 7.18. The van der Waals surface area contributed by atoms with Crippen LogP contribution in [0.1, 0.15) is 35.4 Å². The number of thiazole rings is 1. The average Bonchev–Trinajstić information content (AvgIpc) is 3.14. The monoisotopic (exact) mass is 435 g/mol. The number of hydrogen-bond acceptors (Lipinski definition) is 6. The van der Waals surface area contributed by atoms with Crippen LogP contribution in [0, 0.1) is 25.2 Å². The smallest absolute Gasteiger partial charge is 0.306 e. The summed E-state index contributed by atoms with van der Waals surface area (Å²) in [5.41, 5.74) is 3.73. The van der Waals surface area contributed by atoms with Gasteiger partial charge in [0.05, 0.1) is 27.7 Å². The van der Waals surface area contributed by atoms with Crippen LogP contribution in [0.3, 0.4) is 0 Å². The molecule has 0 aliphatic heterocycles. The van der Waals surface area contributed by atoms with E-state index < -0.39 is 5.97 Å². The molecular weight excluding hydrogens is 410 g/mol. The SMILES string of the molecule is Cc1cc(C)cc(N(CCC#N)C(=O)COC(=O)CCCc2nc3ccccc3s2)c1. The number of aryl methyl sites for hydroxylation is 3. The van der Waals surface area contributed by atoms with Gasteiger partial charge in [-0.1, -0.05) is 18.2 Å². The Balaban J connectivity index is 1.51. The van der Waals surface area contributed by atoms with E-state index in [0.717, 1.165) is 26.4 Å². The summed E-state index contributed by atoms with van der Waals surface area (Å²) >= 11 is 1.63. The van der Waals surface area contributed by atoms with E-state index in [2.05, 4.69) is 11.1 Å². The fourth-order valence-corrected chi connectivity index (χ4v) is 4.38. The number of anilines is 1. The summed E-state index contributed by atoms with van der Waals surface area (Å²) < 4.78 is 6.35.